The first-order valence-electron chi connectivity index (χ1n) is 7.92. The second-order valence-electron chi connectivity index (χ2n) is 6.18. The third-order valence-electron chi connectivity index (χ3n) is 3.99. The van der Waals surface area contributed by atoms with Gasteiger partial charge in [-0.25, -0.2) is 9.59 Å². The average Bonchev–Trinajstić information content (AvgIpc) is 3.11. The first-order chi connectivity index (χ1) is 14.5. The molecular formula is C12H12N2O16S2. The van der Waals surface area contributed by atoms with E-state index in [2.05, 4.69) is 9.68 Å². The maximum absolute atomic E-state index is 11.8. The lowest BCUT2D eigenvalue weighted by Crippen LogP contribution is -2.48. The number of hydrogen-bond donors (Lipinski definition) is 4. The van der Waals surface area contributed by atoms with Gasteiger partial charge in [0.1, 0.15) is 0 Å². The van der Waals surface area contributed by atoms with Crippen LogP contribution in [0.5, 0.6) is 0 Å². The van der Waals surface area contributed by atoms with E-state index >= 15 is 0 Å². The Labute approximate surface area is 176 Å². The Morgan fingerprint density at radius 1 is 0.750 bits per heavy atom. The summed E-state index contributed by atoms with van der Waals surface area (Å²) in [6, 6.07) is 0. The molecule has 32 heavy (non-hydrogen) atoms. The minimum Gasteiger partial charge on any atom is -0.379 e. The number of rotatable bonds is 7. The second kappa shape index (κ2) is 8.48. The SMILES string of the molecule is O=C(ON1C(=O)C[C@H](S(=O)(=O)O)C1=O)[C@@H](O)[C@@H](O)C(=O)ON1C(=O)C[C@@H](S(=O)(=O)O)C1=O. The molecule has 4 amide bonds. The van der Waals surface area contributed by atoms with Gasteiger partial charge < -0.3 is 19.9 Å². The maximum Gasteiger partial charge on any atom is 0.364 e. The number of amides is 4. The van der Waals surface area contributed by atoms with Crippen molar-refractivity contribution in [3.63, 3.8) is 0 Å². The van der Waals surface area contributed by atoms with Gasteiger partial charge in [-0.05, 0) is 0 Å². The van der Waals surface area contributed by atoms with Crippen molar-refractivity contribution in [3.05, 3.63) is 0 Å². The Bertz CT molecular complexity index is 1020. The molecule has 18 nitrogen and oxygen atoms in total. The molecule has 2 heterocycles. The van der Waals surface area contributed by atoms with Crippen molar-refractivity contribution in [3.8, 4) is 0 Å². The zero-order chi connectivity index (χ0) is 24.8. The number of hydroxylamine groups is 4. The summed E-state index contributed by atoms with van der Waals surface area (Å²) in [5, 5.41) is 13.8. The van der Waals surface area contributed by atoms with Gasteiger partial charge in [0.2, 0.25) is 0 Å². The quantitative estimate of drug-likeness (QED) is 0.186. The molecule has 0 aromatic rings. The van der Waals surface area contributed by atoms with Gasteiger partial charge >= 0.3 is 11.9 Å². The Balaban J connectivity index is 2.05. The fraction of sp³-hybridized carbons (Fsp3) is 0.500. The molecule has 0 radical (unpaired) electrons. The van der Waals surface area contributed by atoms with E-state index < -0.39 is 101 Å². The average molecular weight is 504 g/mol. The molecule has 4 atom stereocenters. The van der Waals surface area contributed by atoms with Crippen LogP contribution in [-0.2, 0) is 58.7 Å². The van der Waals surface area contributed by atoms with Gasteiger partial charge in [-0.1, -0.05) is 0 Å². The topological polar surface area (TPSA) is 277 Å². The lowest BCUT2D eigenvalue weighted by atomic mass is 10.2. The zero-order valence-electron chi connectivity index (χ0n) is 15.1. The van der Waals surface area contributed by atoms with E-state index in [-0.39, 0.29) is 0 Å². The van der Waals surface area contributed by atoms with Crippen LogP contribution in [-0.4, -0.2) is 105 Å². The molecule has 2 aliphatic rings. The first-order valence-corrected chi connectivity index (χ1v) is 10.9. The van der Waals surface area contributed by atoms with E-state index in [0.717, 1.165) is 0 Å². The smallest absolute Gasteiger partial charge is 0.364 e. The summed E-state index contributed by atoms with van der Waals surface area (Å²) in [5.41, 5.74) is 0. The minimum atomic E-state index is -5.06. The molecular weight excluding hydrogens is 492 g/mol. The first kappa shape index (κ1) is 25.2. The highest BCUT2D eigenvalue weighted by Gasteiger charge is 2.51. The van der Waals surface area contributed by atoms with Crippen LogP contribution >= 0.6 is 0 Å². The van der Waals surface area contributed by atoms with Crippen molar-refractivity contribution in [1.29, 1.82) is 0 Å². The van der Waals surface area contributed by atoms with E-state index in [0.29, 0.717) is 0 Å². The van der Waals surface area contributed by atoms with Crippen molar-refractivity contribution in [1.82, 2.24) is 10.1 Å². The molecule has 20 heteroatoms. The van der Waals surface area contributed by atoms with Gasteiger partial charge in [-0.2, -0.15) is 16.8 Å². The third kappa shape index (κ3) is 4.89. The number of nitrogens with zero attached hydrogens (tertiary/aromatic N) is 2. The lowest BCUT2D eigenvalue weighted by molar-refractivity contribution is -0.216. The van der Waals surface area contributed by atoms with Gasteiger partial charge in [0.25, 0.3) is 43.9 Å². The lowest BCUT2D eigenvalue weighted by Gasteiger charge is -2.20. The molecule has 4 N–H and O–H groups in total. The summed E-state index contributed by atoms with van der Waals surface area (Å²) in [4.78, 5) is 78.4. The van der Waals surface area contributed by atoms with Crippen molar-refractivity contribution >= 4 is 55.8 Å². The molecule has 2 aliphatic heterocycles. The highest BCUT2D eigenvalue weighted by atomic mass is 32.2. The highest BCUT2D eigenvalue weighted by Crippen LogP contribution is 2.22. The summed E-state index contributed by atoms with van der Waals surface area (Å²) >= 11 is 0. The summed E-state index contributed by atoms with van der Waals surface area (Å²) in [7, 11) is -10.1. The van der Waals surface area contributed by atoms with Gasteiger partial charge in [0.15, 0.2) is 22.7 Å². The molecule has 2 saturated heterocycles. The van der Waals surface area contributed by atoms with Crippen molar-refractivity contribution in [2.75, 3.05) is 0 Å². The summed E-state index contributed by atoms with van der Waals surface area (Å²) in [6.45, 7) is 0. The minimum absolute atomic E-state index is 0.452. The standard InChI is InChI=1S/C12H12N2O16S2/c15-5-1-3(31(23,24)25)9(19)13(5)29-11(21)7(17)8(18)12(22)30-14-6(16)2-4(10(14)20)32(26,27)28/h3-4,7-8,17-18H,1-2H2,(H,23,24,25)(H,26,27,28)/t3-,4+,7-,8+. The number of carbonyl (C=O) groups excluding carboxylic acids is 6. The Morgan fingerprint density at radius 2 is 1.03 bits per heavy atom. The van der Waals surface area contributed by atoms with Crippen molar-refractivity contribution < 1.29 is 74.6 Å². The Hall–Kier alpha value is -3.04. The van der Waals surface area contributed by atoms with Crippen LogP contribution in [0, 0.1) is 0 Å². The number of aliphatic hydroxyl groups excluding tert-OH is 2. The fourth-order valence-electron chi connectivity index (χ4n) is 2.37. The van der Waals surface area contributed by atoms with Crippen LogP contribution in [0.25, 0.3) is 0 Å². The van der Waals surface area contributed by atoms with Gasteiger partial charge in [0, 0.05) is 0 Å². The second-order valence-corrected chi connectivity index (χ2v) is 9.38. The third-order valence-corrected chi connectivity index (χ3v) is 6.16. The van der Waals surface area contributed by atoms with Crippen LogP contribution in [0.3, 0.4) is 0 Å². The molecule has 2 fully saturated rings. The molecule has 0 aliphatic carbocycles. The van der Waals surface area contributed by atoms with Crippen molar-refractivity contribution in [2.45, 2.75) is 35.5 Å². The number of hydrogen-bond acceptors (Lipinski definition) is 14. The van der Waals surface area contributed by atoms with Gasteiger partial charge in [0.05, 0.1) is 12.8 Å². The van der Waals surface area contributed by atoms with Crippen LogP contribution in [0.1, 0.15) is 12.8 Å². The zero-order valence-corrected chi connectivity index (χ0v) is 16.8. The molecule has 0 bridgehead atoms. The van der Waals surface area contributed by atoms with E-state index in [1.807, 2.05) is 0 Å². The number of imide groups is 2. The van der Waals surface area contributed by atoms with Gasteiger partial charge in [-0.15, -0.1) is 10.1 Å². The molecule has 0 unspecified atom stereocenters. The van der Waals surface area contributed by atoms with Crippen LogP contribution in [0.15, 0.2) is 0 Å². The van der Waals surface area contributed by atoms with Crippen LogP contribution in [0.2, 0.25) is 0 Å². The van der Waals surface area contributed by atoms with Gasteiger partial charge in [-0.3, -0.25) is 28.3 Å². The highest BCUT2D eigenvalue weighted by molar-refractivity contribution is 7.87. The fourth-order valence-corrected chi connectivity index (χ4v) is 3.78. The van der Waals surface area contributed by atoms with E-state index in [1.165, 1.54) is 0 Å². The predicted octanol–water partition coefficient (Wildman–Crippen LogP) is -5.34. The number of aliphatic hydroxyl groups is 2. The normalized spacial score (nSPS) is 24.0. The van der Waals surface area contributed by atoms with E-state index in [9.17, 15) is 55.8 Å². The molecule has 0 aromatic heterocycles. The largest absolute Gasteiger partial charge is 0.379 e. The molecule has 0 aromatic carbocycles. The van der Waals surface area contributed by atoms with Crippen molar-refractivity contribution in [2.24, 2.45) is 0 Å². The molecule has 178 valence electrons. The monoisotopic (exact) mass is 504 g/mol. The summed E-state index contributed by atoms with van der Waals surface area (Å²) < 4.78 is 61.7. The summed E-state index contributed by atoms with van der Waals surface area (Å²) in [6.07, 6.45) is -8.12. The molecule has 0 spiro atoms. The Morgan fingerprint density at radius 3 is 1.25 bits per heavy atom. The van der Waals surface area contributed by atoms with E-state index in [4.69, 9.17) is 9.11 Å². The predicted molar refractivity (Wildman–Crippen MR) is 87.8 cm³/mol. The number of carbonyl (C=O) groups is 6. The maximum atomic E-state index is 11.8. The summed E-state index contributed by atoms with van der Waals surface area (Å²) in [5.74, 6) is -10.5. The van der Waals surface area contributed by atoms with Crippen LogP contribution < -0.4 is 0 Å². The molecule has 2 rings (SSSR count). The Kier molecular flexibility index (Phi) is 6.68. The van der Waals surface area contributed by atoms with E-state index in [1.54, 1.807) is 0 Å². The molecule has 0 saturated carbocycles. The van der Waals surface area contributed by atoms with Crippen LogP contribution in [0.4, 0.5) is 0 Å².